The molecule has 1 amide bonds. The van der Waals surface area contributed by atoms with Gasteiger partial charge in [-0.3, -0.25) is 9.69 Å². The molecule has 1 aromatic carbocycles. The lowest BCUT2D eigenvalue weighted by Gasteiger charge is -2.27. The Hall–Kier alpha value is -1.55. The Morgan fingerprint density at radius 1 is 1.40 bits per heavy atom. The van der Waals surface area contributed by atoms with Crippen LogP contribution in [0.25, 0.3) is 0 Å². The number of fused-ring (bicyclic) bond motifs is 1. The van der Waals surface area contributed by atoms with Crippen molar-refractivity contribution in [1.29, 1.82) is 0 Å². The number of rotatable bonds is 3. The molecule has 1 saturated heterocycles. The molecule has 4 nitrogen and oxygen atoms in total. The summed E-state index contributed by atoms with van der Waals surface area (Å²) in [7, 11) is 2.03. The van der Waals surface area contributed by atoms with Gasteiger partial charge in [-0.05, 0) is 56.0 Å². The van der Waals surface area contributed by atoms with Gasteiger partial charge in [-0.2, -0.15) is 0 Å². The van der Waals surface area contributed by atoms with Crippen molar-refractivity contribution in [3.05, 3.63) is 29.3 Å². The monoisotopic (exact) mass is 274 g/mol. The second kappa shape index (κ2) is 5.44. The number of likely N-dealkylation sites (tertiary alicyclic amines) is 1. The highest BCUT2D eigenvalue weighted by molar-refractivity contribution is 5.78. The molecule has 0 saturated carbocycles. The minimum atomic E-state index is 0.247. The summed E-state index contributed by atoms with van der Waals surface area (Å²) in [6, 6.07) is 5.90. The number of hydrogen-bond acceptors (Lipinski definition) is 3. The molecule has 1 atom stereocenters. The fourth-order valence-electron chi connectivity index (χ4n) is 3.43. The molecule has 1 fully saturated rings. The van der Waals surface area contributed by atoms with Gasteiger partial charge in [0.15, 0.2) is 0 Å². The van der Waals surface area contributed by atoms with Crippen LogP contribution in [0.5, 0.6) is 5.75 Å². The first-order valence-electron chi connectivity index (χ1n) is 7.45. The molecular formula is C16H22N2O2. The Balaban J connectivity index is 1.67. The number of hydrogen-bond donors (Lipinski definition) is 1. The van der Waals surface area contributed by atoms with E-state index in [1.165, 1.54) is 11.1 Å². The zero-order valence-corrected chi connectivity index (χ0v) is 12.0. The number of nitrogens with zero attached hydrogens (tertiary/aromatic N) is 2. The number of aromatic hydroxyl groups is 1. The van der Waals surface area contributed by atoms with Gasteiger partial charge < -0.3 is 10.0 Å². The van der Waals surface area contributed by atoms with Crippen LogP contribution in [-0.2, 0) is 11.2 Å². The summed E-state index contributed by atoms with van der Waals surface area (Å²) in [5.41, 5.74) is 2.48. The number of carbonyl (C=O) groups excluding carboxylic acids is 1. The maximum absolute atomic E-state index is 12.2. The van der Waals surface area contributed by atoms with Crippen molar-refractivity contribution in [3.8, 4) is 5.75 Å². The molecule has 0 radical (unpaired) electrons. The van der Waals surface area contributed by atoms with E-state index in [0.29, 0.717) is 18.3 Å². The lowest BCUT2D eigenvalue weighted by Crippen LogP contribution is -2.38. The molecular weight excluding hydrogens is 252 g/mol. The van der Waals surface area contributed by atoms with Crippen molar-refractivity contribution in [3.63, 3.8) is 0 Å². The molecule has 1 heterocycles. The van der Waals surface area contributed by atoms with Gasteiger partial charge in [-0.15, -0.1) is 0 Å². The van der Waals surface area contributed by atoms with Crippen molar-refractivity contribution in [2.45, 2.75) is 31.7 Å². The smallest absolute Gasteiger partial charge is 0.236 e. The minimum absolute atomic E-state index is 0.247. The molecule has 108 valence electrons. The predicted molar refractivity (Wildman–Crippen MR) is 77.6 cm³/mol. The fourth-order valence-corrected chi connectivity index (χ4v) is 3.43. The van der Waals surface area contributed by atoms with E-state index in [4.69, 9.17) is 0 Å². The van der Waals surface area contributed by atoms with Crippen LogP contribution in [0.15, 0.2) is 18.2 Å². The average molecular weight is 274 g/mol. The molecule has 1 unspecified atom stereocenters. The highest BCUT2D eigenvalue weighted by Crippen LogP contribution is 2.36. The Morgan fingerprint density at radius 2 is 2.15 bits per heavy atom. The standard InChI is InChI=1S/C16H22N2O2/c1-17(11-16(20)18-8-2-3-9-18)15-7-4-12-10-13(19)5-6-14(12)15/h5-6,10,15,19H,2-4,7-9,11H2,1H3. The Morgan fingerprint density at radius 3 is 2.90 bits per heavy atom. The van der Waals surface area contributed by atoms with E-state index < -0.39 is 0 Å². The summed E-state index contributed by atoms with van der Waals surface area (Å²) in [5, 5.41) is 9.54. The highest BCUT2D eigenvalue weighted by Gasteiger charge is 2.28. The number of benzene rings is 1. The van der Waals surface area contributed by atoms with E-state index >= 15 is 0 Å². The lowest BCUT2D eigenvalue weighted by molar-refractivity contribution is -0.131. The molecule has 1 aromatic rings. The molecule has 1 N–H and O–H groups in total. The van der Waals surface area contributed by atoms with Crippen LogP contribution in [-0.4, -0.2) is 47.5 Å². The SMILES string of the molecule is CN(CC(=O)N1CCCC1)C1CCc2cc(O)ccc21. The first-order chi connectivity index (χ1) is 9.65. The van der Waals surface area contributed by atoms with Gasteiger partial charge in [0.05, 0.1) is 6.54 Å². The van der Waals surface area contributed by atoms with E-state index in [9.17, 15) is 9.90 Å². The van der Waals surface area contributed by atoms with Gasteiger partial charge in [-0.25, -0.2) is 0 Å². The summed E-state index contributed by atoms with van der Waals surface area (Å²) in [6.07, 6.45) is 4.29. The van der Waals surface area contributed by atoms with Crippen molar-refractivity contribution in [2.75, 3.05) is 26.7 Å². The van der Waals surface area contributed by atoms with Crippen LogP contribution in [0.2, 0.25) is 0 Å². The maximum Gasteiger partial charge on any atom is 0.236 e. The van der Waals surface area contributed by atoms with Crippen LogP contribution in [0, 0.1) is 0 Å². The second-order valence-corrected chi connectivity index (χ2v) is 5.94. The molecule has 0 aromatic heterocycles. The molecule has 4 heteroatoms. The van der Waals surface area contributed by atoms with Crippen molar-refractivity contribution >= 4 is 5.91 Å². The number of carbonyl (C=O) groups is 1. The van der Waals surface area contributed by atoms with Gasteiger partial charge >= 0.3 is 0 Å². The highest BCUT2D eigenvalue weighted by atomic mass is 16.3. The summed E-state index contributed by atoms with van der Waals surface area (Å²) in [6.45, 7) is 2.33. The number of phenols is 1. The van der Waals surface area contributed by atoms with E-state index in [1.807, 2.05) is 24.1 Å². The molecule has 0 bridgehead atoms. The summed E-state index contributed by atoms with van der Waals surface area (Å²) < 4.78 is 0. The molecule has 3 rings (SSSR count). The molecule has 20 heavy (non-hydrogen) atoms. The van der Waals surface area contributed by atoms with Crippen molar-refractivity contribution in [2.24, 2.45) is 0 Å². The average Bonchev–Trinajstić information content (AvgIpc) is 3.07. The van der Waals surface area contributed by atoms with E-state index in [2.05, 4.69) is 4.90 Å². The normalized spacial score (nSPS) is 21.5. The molecule has 1 aliphatic heterocycles. The van der Waals surface area contributed by atoms with Gasteiger partial charge in [0.1, 0.15) is 5.75 Å². The van der Waals surface area contributed by atoms with Crippen molar-refractivity contribution in [1.82, 2.24) is 9.80 Å². The topological polar surface area (TPSA) is 43.8 Å². The zero-order valence-electron chi connectivity index (χ0n) is 12.0. The van der Waals surface area contributed by atoms with Gasteiger partial charge in [0.25, 0.3) is 0 Å². The van der Waals surface area contributed by atoms with Gasteiger partial charge in [0.2, 0.25) is 5.91 Å². The Labute approximate surface area is 120 Å². The van der Waals surface area contributed by atoms with Crippen LogP contribution < -0.4 is 0 Å². The summed E-state index contributed by atoms with van der Waals surface area (Å²) in [5.74, 6) is 0.581. The van der Waals surface area contributed by atoms with Crippen LogP contribution in [0.4, 0.5) is 0 Å². The predicted octanol–water partition coefficient (Wildman–Crippen LogP) is 1.93. The van der Waals surface area contributed by atoms with E-state index in [0.717, 1.165) is 38.8 Å². The number of likely N-dealkylation sites (N-methyl/N-ethyl adjacent to an activating group) is 1. The lowest BCUT2D eigenvalue weighted by atomic mass is 10.1. The van der Waals surface area contributed by atoms with Crippen LogP contribution >= 0.6 is 0 Å². The second-order valence-electron chi connectivity index (χ2n) is 5.94. The van der Waals surface area contributed by atoms with Crippen LogP contribution in [0.1, 0.15) is 36.4 Å². The minimum Gasteiger partial charge on any atom is -0.508 e. The number of aryl methyl sites for hydroxylation is 1. The quantitative estimate of drug-likeness (QED) is 0.916. The maximum atomic E-state index is 12.2. The molecule has 0 spiro atoms. The third-order valence-electron chi connectivity index (χ3n) is 4.55. The number of amides is 1. The first kappa shape index (κ1) is 13.4. The first-order valence-corrected chi connectivity index (χ1v) is 7.45. The Bertz CT molecular complexity index is 509. The van der Waals surface area contributed by atoms with Crippen molar-refractivity contribution < 1.29 is 9.90 Å². The zero-order chi connectivity index (χ0) is 14.1. The third-order valence-corrected chi connectivity index (χ3v) is 4.55. The Kier molecular flexibility index (Phi) is 3.66. The summed E-state index contributed by atoms with van der Waals surface area (Å²) in [4.78, 5) is 16.4. The largest absolute Gasteiger partial charge is 0.508 e. The summed E-state index contributed by atoms with van der Waals surface area (Å²) >= 11 is 0. The van der Waals surface area contributed by atoms with E-state index in [-0.39, 0.29) is 5.91 Å². The van der Waals surface area contributed by atoms with Gasteiger partial charge in [-0.1, -0.05) is 6.07 Å². The number of phenolic OH excluding ortho intramolecular Hbond substituents is 1. The third kappa shape index (κ3) is 2.52. The molecule has 2 aliphatic rings. The molecule has 1 aliphatic carbocycles. The van der Waals surface area contributed by atoms with E-state index in [1.54, 1.807) is 6.07 Å². The van der Waals surface area contributed by atoms with Gasteiger partial charge in [0, 0.05) is 19.1 Å². The fraction of sp³-hybridized carbons (Fsp3) is 0.562. The van der Waals surface area contributed by atoms with Crippen LogP contribution in [0.3, 0.4) is 0 Å².